The SMILES string of the molecule is CC(N)C(C)C(=O)N(C)CC(C)(C)C. The third-order valence-corrected chi connectivity index (χ3v) is 2.27. The van der Waals surface area contributed by atoms with Gasteiger partial charge in [0, 0.05) is 19.6 Å². The van der Waals surface area contributed by atoms with Crippen molar-refractivity contribution >= 4 is 5.91 Å². The molecule has 3 heteroatoms. The molecule has 0 rings (SSSR count). The number of rotatable bonds is 3. The summed E-state index contributed by atoms with van der Waals surface area (Å²) in [7, 11) is 1.84. The topological polar surface area (TPSA) is 46.3 Å². The minimum atomic E-state index is -0.0950. The Bertz CT molecular complexity index is 194. The lowest BCUT2D eigenvalue weighted by Gasteiger charge is -2.29. The number of nitrogens with two attached hydrogens (primary N) is 1. The van der Waals surface area contributed by atoms with Crippen molar-refractivity contribution in [3.05, 3.63) is 0 Å². The zero-order valence-electron chi connectivity index (χ0n) is 10.3. The Hall–Kier alpha value is -0.570. The molecule has 0 saturated carbocycles. The first-order valence-corrected chi connectivity index (χ1v) is 5.15. The standard InChI is InChI=1S/C11H24N2O/c1-8(9(2)12)10(14)13(6)7-11(3,4)5/h8-9H,7,12H2,1-6H3. The van der Waals surface area contributed by atoms with Gasteiger partial charge < -0.3 is 10.6 Å². The van der Waals surface area contributed by atoms with Crippen LogP contribution in [0.2, 0.25) is 0 Å². The quantitative estimate of drug-likeness (QED) is 0.750. The molecule has 2 N–H and O–H groups in total. The predicted molar refractivity (Wildman–Crippen MR) is 59.9 cm³/mol. The summed E-state index contributed by atoms with van der Waals surface area (Å²) in [4.78, 5) is 13.6. The fourth-order valence-corrected chi connectivity index (χ4v) is 1.36. The zero-order valence-corrected chi connectivity index (χ0v) is 10.3. The molecule has 1 amide bonds. The van der Waals surface area contributed by atoms with Gasteiger partial charge in [-0.15, -0.1) is 0 Å². The van der Waals surface area contributed by atoms with Crippen LogP contribution >= 0.6 is 0 Å². The van der Waals surface area contributed by atoms with E-state index in [4.69, 9.17) is 5.73 Å². The molecule has 3 nitrogen and oxygen atoms in total. The molecule has 0 heterocycles. The highest BCUT2D eigenvalue weighted by molar-refractivity contribution is 5.78. The summed E-state index contributed by atoms with van der Waals surface area (Å²) in [5.41, 5.74) is 5.83. The van der Waals surface area contributed by atoms with Crippen LogP contribution in [0.1, 0.15) is 34.6 Å². The molecule has 0 aliphatic heterocycles. The summed E-state index contributed by atoms with van der Waals surface area (Å²) in [6, 6.07) is -0.0788. The Labute approximate surface area is 87.6 Å². The van der Waals surface area contributed by atoms with Crippen LogP contribution in [0.3, 0.4) is 0 Å². The van der Waals surface area contributed by atoms with Crippen molar-refractivity contribution in [1.29, 1.82) is 0 Å². The van der Waals surface area contributed by atoms with Crippen LogP contribution in [-0.2, 0) is 4.79 Å². The number of carbonyl (C=O) groups excluding carboxylic acids is 1. The second kappa shape index (κ2) is 4.78. The summed E-state index contributed by atoms with van der Waals surface area (Å²) in [6.07, 6.45) is 0. The first-order valence-electron chi connectivity index (χ1n) is 5.15. The van der Waals surface area contributed by atoms with Gasteiger partial charge in [-0.2, -0.15) is 0 Å². The maximum Gasteiger partial charge on any atom is 0.226 e. The Morgan fingerprint density at radius 3 is 2.07 bits per heavy atom. The third-order valence-electron chi connectivity index (χ3n) is 2.27. The molecule has 0 aromatic carbocycles. The highest BCUT2D eigenvalue weighted by atomic mass is 16.2. The monoisotopic (exact) mass is 200 g/mol. The van der Waals surface area contributed by atoms with Crippen molar-refractivity contribution in [2.24, 2.45) is 17.1 Å². The highest BCUT2D eigenvalue weighted by Gasteiger charge is 2.23. The van der Waals surface area contributed by atoms with E-state index < -0.39 is 0 Å². The van der Waals surface area contributed by atoms with Gasteiger partial charge in [-0.25, -0.2) is 0 Å². The Morgan fingerprint density at radius 1 is 1.36 bits per heavy atom. The molecule has 84 valence electrons. The Kier molecular flexibility index (Phi) is 4.59. The van der Waals surface area contributed by atoms with E-state index in [1.807, 2.05) is 20.9 Å². The molecule has 0 aromatic heterocycles. The van der Waals surface area contributed by atoms with E-state index in [9.17, 15) is 4.79 Å². The van der Waals surface area contributed by atoms with Crippen molar-refractivity contribution in [2.75, 3.05) is 13.6 Å². The van der Waals surface area contributed by atoms with Crippen molar-refractivity contribution in [3.63, 3.8) is 0 Å². The van der Waals surface area contributed by atoms with E-state index in [1.165, 1.54) is 0 Å². The molecule has 0 aromatic rings. The summed E-state index contributed by atoms with van der Waals surface area (Å²) in [6.45, 7) is 10.9. The zero-order chi connectivity index (χ0) is 11.5. The average molecular weight is 200 g/mol. The summed E-state index contributed by atoms with van der Waals surface area (Å²) >= 11 is 0. The molecule has 14 heavy (non-hydrogen) atoms. The molecular formula is C11H24N2O. The van der Waals surface area contributed by atoms with E-state index in [1.54, 1.807) is 4.90 Å². The molecule has 0 spiro atoms. The molecule has 0 bridgehead atoms. The highest BCUT2D eigenvalue weighted by Crippen LogP contribution is 2.16. The van der Waals surface area contributed by atoms with Crippen molar-refractivity contribution in [1.82, 2.24) is 4.90 Å². The molecule has 2 atom stereocenters. The van der Waals surface area contributed by atoms with Gasteiger partial charge in [0.05, 0.1) is 5.92 Å². The number of hydrogen-bond donors (Lipinski definition) is 1. The van der Waals surface area contributed by atoms with Gasteiger partial charge >= 0.3 is 0 Å². The number of amides is 1. The van der Waals surface area contributed by atoms with Crippen molar-refractivity contribution in [2.45, 2.75) is 40.7 Å². The second-order valence-corrected chi connectivity index (χ2v) is 5.40. The molecule has 0 fully saturated rings. The number of carbonyl (C=O) groups is 1. The largest absolute Gasteiger partial charge is 0.345 e. The lowest BCUT2D eigenvalue weighted by Crippen LogP contribution is -2.42. The maximum atomic E-state index is 11.8. The lowest BCUT2D eigenvalue weighted by atomic mass is 9.95. The van der Waals surface area contributed by atoms with Crippen molar-refractivity contribution < 1.29 is 4.79 Å². The third kappa shape index (κ3) is 4.61. The molecule has 2 unspecified atom stereocenters. The van der Waals surface area contributed by atoms with Crippen LogP contribution in [-0.4, -0.2) is 30.4 Å². The smallest absolute Gasteiger partial charge is 0.226 e. The lowest BCUT2D eigenvalue weighted by molar-refractivity contribution is -0.135. The van der Waals surface area contributed by atoms with E-state index in [0.29, 0.717) is 0 Å². The Morgan fingerprint density at radius 2 is 1.79 bits per heavy atom. The normalized spacial score (nSPS) is 16.2. The molecule has 0 aliphatic rings. The fraction of sp³-hybridized carbons (Fsp3) is 0.909. The number of hydrogen-bond acceptors (Lipinski definition) is 2. The van der Waals surface area contributed by atoms with E-state index in [-0.39, 0.29) is 23.3 Å². The first kappa shape index (κ1) is 13.4. The summed E-state index contributed by atoms with van der Waals surface area (Å²) < 4.78 is 0. The van der Waals surface area contributed by atoms with Crippen LogP contribution in [0, 0.1) is 11.3 Å². The fourth-order valence-electron chi connectivity index (χ4n) is 1.36. The van der Waals surface area contributed by atoms with Crippen LogP contribution in [0.4, 0.5) is 0 Å². The van der Waals surface area contributed by atoms with Gasteiger partial charge in [-0.1, -0.05) is 27.7 Å². The van der Waals surface area contributed by atoms with E-state index >= 15 is 0 Å². The van der Waals surface area contributed by atoms with Crippen LogP contribution < -0.4 is 5.73 Å². The van der Waals surface area contributed by atoms with Gasteiger partial charge in [0.25, 0.3) is 0 Å². The minimum absolute atomic E-state index is 0.0788. The molecule has 0 saturated heterocycles. The van der Waals surface area contributed by atoms with Gasteiger partial charge in [0.15, 0.2) is 0 Å². The predicted octanol–water partition coefficient (Wildman–Crippen LogP) is 1.47. The average Bonchev–Trinajstić information content (AvgIpc) is 1.98. The maximum absolute atomic E-state index is 11.8. The minimum Gasteiger partial charge on any atom is -0.345 e. The van der Waals surface area contributed by atoms with Gasteiger partial charge in [0.2, 0.25) is 5.91 Å². The van der Waals surface area contributed by atoms with E-state index in [0.717, 1.165) is 6.54 Å². The van der Waals surface area contributed by atoms with Gasteiger partial charge in [-0.3, -0.25) is 4.79 Å². The van der Waals surface area contributed by atoms with Gasteiger partial charge in [-0.05, 0) is 12.3 Å². The second-order valence-electron chi connectivity index (χ2n) is 5.40. The van der Waals surface area contributed by atoms with Crippen LogP contribution in [0.25, 0.3) is 0 Å². The molecule has 0 radical (unpaired) electrons. The van der Waals surface area contributed by atoms with Gasteiger partial charge in [0.1, 0.15) is 0 Å². The summed E-state index contributed by atoms with van der Waals surface area (Å²) in [5.74, 6) is 0.0391. The van der Waals surface area contributed by atoms with E-state index in [2.05, 4.69) is 20.8 Å². The number of nitrogens with zero attached hydrogens (tertiary/aromatic N) is 1. The molecular weight excluding hydrogens is 176 g/mol. The Balaban J connectivity index is 4.26. The molecule has 0 aliphatic carbocycles. The first-order chi connectivity index (χ1) is 6.15. The van der Waals surface area contributed by atoms with Crippen molar-refractivity contribution in [3.8, 4) is 0 Å². The van der Waals surface area contributed by atoms with Crippen LogP contribution in [0.15, 0.2) is 0 Å². The summed E-state index contributed by atoms with van der Waals surface area (Å²) in [5, 5.41) is 0. The van der Waals surface area contributed by atoms with Crippen LogP contribution in [0.5, 0.6) is 0 Å².